The van der Waals surface area contributed by atoms with Crippen LogP contribution in [0.4, 0.5) is 4.79 Å². The zero-order valence-electron chi connectivity index (χ0n) is 18.2. The van der Waals surface area contributed by atoms with Crippen LogP contribution < -0.4 is 10.9 Å². The third kappa shape index (κ3) is 3.54. The summed E-state index contributed by atoms with van der Waals surface area (Å²) in [6.45, 7) is 1.56. The number of pyridine rings is 1. The summed E-state index contributed by atoms with van der Waals surface area (Å²) in [5.74, 6) is -0.448. The predicted molar refractivity (Wildman–Crippen MR) is 118 cm³/mol. The second kappa shape index (κ2) is 8.32. The average molecular weight is 452 g/mol. The predicted octanol–water partition coefficient (Wildman–Crippen LogP) is 0.452. The van der Waals surface area contributed by atoms with E-state index < -0.39 is 0 Å². The van der Waals surface area contributed by atoms with E-state index >= 15 is 0 Å². The Hall–Kier alpha value is -3.73. The number of carbonyl (C=O) groups excluding carboxylic acids is 3. The molecular weight excluding hydrogens is 428 g/mol. The van der Waals surface area contributed by atoms with Crippen molar-refractivity contribution in [3.05, 3.63) is 46.5 Å². The molecule has 33 heavy (non-hydrogen) atoms. The normalized spacial score (nSPS) is 17.4. The van der Waals surface area contributed by atoms with Crippen LogP contribution in [-0.2, 0) is 16.1 Å². The van der Waals surface area contributed by atoms with Crippen LogP contribution in [0.25, 0.3) is 16.7 Å². The lowest BCUT2D eigenvalue weighted by Gasteiger charge is -2.35. The van der Waals surface area contributed by atoms with Gasteiger partial charge in [-0.3, -0.25) is 23.7 Å². The van der Waals surface area contributed by atoms with E-state index in [1.54, 1.807) is 47.0 Å². The van der Waals surface area contributed by atoms with Gasteiger partial charge in [-0.05, 0) is 31.0 Å². The Balaban J connectivity index is 1.46. The fourth-order valence-corrected chi connectivity index (χ4v) is 4.63. The van der Waals surface area contributed by atoms with Crippen LogP contribution in [0, 0.1) is 0 Å². The molecule has 4 amide bonds. The molecule has 1 N–H and O–H groups in total. The van der Waals surface area contributed by atoms with Gasteiger partial charge in [0.05, 0.1) is 18.5 Å². The Labute approximate surface area is 188 Å². The summed E-state index contributed by atoms with van der Waals surface area (Å²) in [6, 6.07) is 6.31. The average Bonchev–Trinajstić information content (AvgIpc) is 3.37. The number of aromatic nitrogens is 3. The van der Waals surface area contributed by atoms with E-state index in [-0.39, 0.29) is 36.0 Å². The molecule has 0 bridgehead atoms. The zero-order chi connectivity index (χ0) is 23.1. The van der Waals surface area contributed by atoms with Gasteiger partial charge in [-0.15, -0.1) is 0 Å². The standard InChI is InChI=1S/C22H24N6O5/c1-33-11-10-26-16(12-15-19(26)24-17-4-2-3-7-27(17)20(15)30)21(31)25-8-5-14(6-9-25)28-18(29)13-23-22(28)32/h2-4,7,12,14H,5-6,8-11,13H2,1H3,(H,23,32). The van der Waals surface area contributed by atoms with E-state index in [0.29, 0.717) is 61.5 Å². The maximum Gasteiger partial charge on any atom is 0.324 e. The number of ether oxygens (including phenoxy) is 1. The van der Waals surface area contributed by atoms with Gasteiger partial charge in [0.25, 0.3) is 11.5 Å². The first-order chi connectivity index (χ1) is 16.0. The Morgan fingerprint density at radius 1 is 1.21 bits per heavy atom. The molecule has 0 aromatic carbocycles. The number of piperidine rings is 1. The Kier molecular flexibility index (Phi) is 5.33. The highest BCUT2D eigenvalue weighted by atomic mass is 16.5. The van der Waals surface area contributed by atoms with Crippen molar-refractivity contribution in [3.8, 4) is 0 Å². The number of likely N-dealkylation sites (tertiary alicyclic amines) is 1. The van der Waals surface area contributed by atoms with Crippen LogP contribution in [-0.4, -0.2) is 81.0 Å². The molecule has 0 unspecified atom stereocenters. The van der Waals surface area contributed by atoms with Gasteiger partial charge in [-0.1, -0.05) is 6.07 Å². The van der Waals surface area contributed by atoms with E-state index in [1.165, 1.54) is 9.30 Å². The van der Waals surface area contributed by atoms with E-state index in [2.05, 4.69) is 10.3 Å². The molecule has 2 saturated heterocycles. The molecule has 0 radical (unpaired) electrons. The molecule has 3 aromatic rings. The maximum atomic E-state index is 13.5. The van der Waals surface area contributed by atoms with Gasteiger partial charge < -0.3 is 19.5 Å². The van der Waals surface area contributed by atoms with Crippen LogP contribution >= 0.6 is 0 Å². The lowest BCUT2D eigenvalue weighted by Crippen LogP contribution is -2.49. The van der Waals surface area contributed by atoms with E-state index in [0.717, 1.165) is 0 Å². The number of nitrogens with zero attached hydrogens (tertiary/aromatic N) is 5. The van der Waals surface area contributed by atoms with Crippen LogP contribution in [0.2, 0.25) is 0 Å². The van der Waals surface area contributed by atoms with Gasteiger partial charge in [-0.2, -0.15) is 0 Å². The van der Waals surface area contributed by atoms with E-state index in [1.807, 2.05) is 0 Å². The number of urea groups is 1. The number of methoxy groups -OCH3 is 1. The summed E-state index contributed by atoms with van der Waals surface area (Å²) in [6.07, 6.45) is 2.67. The molecule has 0 atom stereocenters. The van der Waals surface area contributed by atoms with E-state index in [4.69, 9.17) is 4.74 Å². The largest absolute Gasteiger partial charge is 0.383 e. The minimum absolute atomic E-state index is 0.0223. The van der Waals surface area contributed by atoms with Crippen molar-refractivity contribution in [3.63, 3.8) is 0 Å². The minimum Gasteiger partial charge on any atom is -0.383 e. The first-order valence-corrected chi connectivity index (χ1v) is 10.9. The van der Waals surface area contributed by atoms with E-state index in [9.17, 15) is 19.2 Å². The second-order valence-corrected chi connectivity index (χ2v) is 8.20. The molecule has 5 heterocycles. The van der Waals surface area contributed by atoms with Gasteiger partial charge in [0.2, 0.25) is 5.91 Å². The number of fused-ring (bicyclic) bond motifs is 2. The molecule has 3 aromatic heterocycles. The van der Waals surface area contributed by atoms with Crippen LogP contribution in [0.5, 0.6) is 0 Å². The van der Waals surface area contributed by atoms with Crippen molar-refractivity contribution in [1.82, 2.24) is 29.1 Å². The molecule has 0 aliphatic carbocycles. The fraction of sp³-hybridized carbons (Fsp3) is 0.409. The van der Waals surface area contributed by atoms with Crippen LogP contribution in [0.15, 0.2) is 35.3 Å². The van der Waals surface area contributed by atoms with Gasteiger partial charge >= 0.3 is 6.03 Å². The number of rotatable bonds is 5. The summed E-state index contributed by atoms with van der Waals surface area (Å²) in [4.78, 5) is 58.1. The number of imide groups is 1. The molecule has 11 heteroatoms. The van der Waals surface area contributed by atoms with Crippen molar-refractivity contribution in [2.45, 2.75) is 25.4 Å². The fourth-order valence-electron chi connectivity index (χ4n) is 4.63. The molecular formula is C22H24N6O5. The van der Waals surface area contributed by atoms with Crippen molar-refractivity contribution >= 4 is 34.5 Å². The third-order valence-electron chi connectivity index (χ3n) is 6.31. The Bertz CT molecular complexity index is 1300. The molecule has 0 spiro atoms. The number of hydrogen-bond acceptors (Lipinski definition) is 6. The van der Waals surface area contributed by atoms with Gasteiger partial charge in [0, 0.05) is 39.0 Å². The summed E-state index contributed by atoms with van der Waals surface area (Å²) >= 11 is 0. The molecule has 2 aliphatic heterocycles. The Morgan fingerprint density at radius 3 is 2.70 bits per heavy atom. The van der Waals surface area contributed by atoms with Crippen molar-refractivity contribution < 1.29 is 19.1 Å². The maximum absolute atomic E-state index is 13.5. The topological polar surface area (TPSA) is 118 Å². The van der Waals surface area contributed by atoms with Crippen molar-refractivity contribution in [1.29, 1.82) is 0 Å². The SMILES string of the molecule is COCCn1c(C(=O)N2CCC(N3C(=O)CNC3=O)CC2)cc2c(=O)n3ccccc3nc21. The number of carbonyl (C=O) groups is 3. The molecule has 11 nitrogen and oxygen atoms in total. The third-order valence-corrected chi connectivity index (χ3v) is 6.31. The number of hydrogen-bond donors (Lipinski definition) is 1. The summed E-state index contributed by atoms with van der Waals surface area (Å²) in [5, 5.41) is 2.91. The highest BCUT2D eigenvalue weighted by Gasteiger charge is 2.37. The molecule has 5 rings (SSSR count). The van der Waals surface area contributed by atoms with Crippen LogP contribution in [0.3, 0.4) is 0 Å². The molecule has 172 valence electrons. The monoisotopic (exact) mass is 452 g/mol. The molecule has 0 saturated carbocycles. The lowest BCUT2D eigenvalue weighted by molar-refractivity contribution is -0.127. The van der Waals surface area contributed by atoms with Gasteiger partial charge in [0.1, 0.15) is 17.0 Å². The second-order valence-electron chi connectivity index (χ2n) is 8.20. The van der Waals surface area contributed by atoms with Gasteiger partial charge in [-0.25, -0.2) is 9.78 Å². The van der Waals surface area contributed by atoms with Crippen molar-refractivity contribution in [2.75, 3.05) is 33.4 Å². The lowest BCUT2D eigenvalue weighted by atomic mass is 10.0. The quantitative estimate of drug-likeness (QED) is 0.562. The first kappa shape index (κ1) is 21.1. The summed E-state index contributed by atoms with van der Waals surface area (Å²) in [5.41, 5.74) is 1.08. The molecule has 2 fully saturated rings. The minimum atomic E-state index is -0.372. The van der Waals surface area contributed by atoms with Gasteiger partial charge in [0.15, 0.2) is 0 Å². The first-order valence-electron chi connectivity index (χ1n) is 10.9. The molecule has 2 aliphatic rings. The summed E-state index contributed by atoms with van der Waals surface area (Å²) in [7, 11) is 1.57. The van der Waals surface area contributed by atoms with Crippen LogP contribution in [0.1, 0.15) is 23.3 Å². The smallest absolute Gasteiger partial charge is 0.324 e. The Morgan fingerprint density at radius 2 is 2.00 bits per heavy atom. The number of nitrogens with one attached hydrogen (secondary N) is 1. The highest BCUT2D eigenvalue weighted by molar-refractivity contribution is 6.02. The number of amides is 4. The summed E-state index contributed by atoms with van der Waals surface area (Å²) < 4.78 is 8.42. The zero-order valence-corrected chi connectivity index (χ0v) is 18.2. The van der Waals surface area contributed by atoms with Crippen molar-refractivity contribution in [2.24, 2.45) is 0 Å². The highest BCUT2D eigenvalue weighted by Crippen LogP contribution is 2.23.